The fraction of sp³-hybridized carbons (Fsp3) is 0.250. The Morgan fingerprint density at radius 2 is 2.00 bits per heavy atom. The van der Waals surface area contributed by atoms with E-state index in [1.165, 1.54) is 0 Å². The molecule has 5 nitrogen and oxygen atoms in total. The Morgan fingerprint density at radius 3 is 2.67 bits per heavy atom. The Morgan fingerprint density at radius 1 is 1.19 bits per heavy atom. The third-order valence-corrected chi connectivity index (χ3v) is 3.56. The lowest BCUT2D eigenvalue weighted by Crippen LogP contribution is -2.07. The topological polar surface area (TPSA) is 66.0 Å². The molecule has 0 aliphatic rings. The van der Waals surface area contributed by atoms with Crippen molar-refractivity contribution >= 4 is 16.7 Å². The largest absolute Gasteiger partial charge is 0.497 e. The van der Waals surface area contributed by atoms with Crippen LogP contribution in [0.1, 0.15) is 17.0 Å². The SMILES string of the molecule is COc1ccc2cc(Cn3nc(C)cc3C)c(N)nc2c1. The molecule has 0 saturated carbocycles. The van der Waals surface area contributed by atoms with Crippen LogP contribution in [0.3, 0.4) is 0 Å². The van der Waals surface area contributed by atoms with Gasteiger partial charge >= 0.3 is 0 Å². The van der Waals surface area contributed by atoms with E-state index in [0.29, 0.717) is 12.4 Å². The average molecular weight is 282 g/mol. The smallest absolute Gasteiger partial charge is 0.129 e. The fourth-order valence-electron chi connectivity index (χ4n) is 2.46. The molecule has 0 saturated heterocycles. The number of hydrogen-bond donors (Lipinski definition) is 1. The predicted octanol–water partition coefficient (Wildman–Crippen LogP) is 2.69. The van der Waals surface area contributed by atoms with Crippen LogP contribution in [0.4, 0.5) is 5.82 Å². The lowest BCUT2D eigenvalue weighted by Gasteiger charge is -2.09. The van der Waals surface area contributed by atoms with Crippen LogP contribution in [0.25, 0.3) is 10.9 Å². The minimum Gasteiger partial charge on any atom is -0.497 e. The molecule has 0 fully saturated rings. The molecule has 2 N–H and O–H groups in total. The standard InChI is InChI=1S/C16H18N4O/c1-10-6-11(2)20(19-10)9-13-7-12-4-5-14(21-3)8-15(12)18-16(13)17/h4-8H,9H2,1-3H3,(H2,17,18). The van der Waals surface area contributed by atoms with Crippen LogP contribution >= 0.6 is 0 Å². The van der Waals surface area contributed by atoms with Gasteiger partial charge in [0.25, 0.3) is 0 Å². The molecule has 2 heterocycles. The Kier molecular flexibility index (Phi) is 3.25. The number of fused-ring (bicyclic) bond motifs is 1. The summed E-state index contributed by atoms with van der Waals surface area (Å²) in [5, 5.41) is 5.51. The number of pyridine rings is 1. The molecule has 0 aliphatic carbocycles. The van der Waals surface area contributed by atoms with Gasteiger partial charge in [-0.3, -0.25) is 4.68 Å². The molecule has 0 aliphatic heterocycles. The van der Waals surface area contributed by atoms with E-state index in [1.807, 2.05) is 36.7 Å². The Balaban J connectivity index is 2.03. The third-order valence-electron chi connectivity index (χ3n) is 3.56. The normalized spacial score (nSPS) is 11.0. The van der Waals surface area contributed by atoms with Crippen molar-refractivity contribution in [1.29, 1.82) is 0 Å². The second kappa shape index (κ2) is 5.09. The summed E-state index contributed by atoms with van der Waals surface area (Å²) >= 11 is 0. The number of methoxy groups -OCH3 is 1. The number of benzene rings is 1. The Bertz CT molecular complexity index is 807. The lowest BCUT2D eigenvalue weighted by molar-refractivity contribution is 0.415. The van der Waals surface area contributed by atoms with Gasteiger partial charge in [0.1, 0.15) is 11.6 Å². The van der Waals surface area contributed by atoms with Crippen molar-refractivity contribution in [2.45, 2.75) is 20.4 Å². The molecular weight excluding hydrogens is 264 g/mol. The van der Waals surface area contributed by atoms with E-state index in [2.05, 4.69) is 22.2 Å². The van der Waals surface area contributed by atoms with Crippen molar-refractivity contribution < 1.29 is 4.74 Å². The average Bonchev–Trinajstić information content (AvgIpc) is 2.77. The van der Waals surface area contributed by atoms with Crippen LogP contribution < -0.4 is 10.5 Å². The molecule has 0 spiro atoms. The summed E-state index contributed by atoms with van der Waals surface area (Å²) in [6.07, 6.45) is 0. The first-order chi connectivity index (χ1) is 10.1. The first-order valence-corrected chi connectivity index (χ1v) is 6.81. The molecule has 5 heteroatoms. The van der Waals surface area contributed by atoms with Crippen molar-refractivity contribution in [2.75, 3.05) is 12.8 Å². The van der Waals surface area contributed by atoms with Gasteiger partial charge in [0, 0.05) is 22.7 Å². The van der Waals surface area contributed by atoms with Crippen molar-refractivity contribution in [2.24, 2.45) is 0 Å². The summed E-state index contributed by atoms with van der Waals surface area (Å²) < 4.78 is 7.15. The second-order valence-corrected chi connectivity index (χ2v) is 5.18. The van der Waals surface area contributed by atoms with E-state index >= 15 is 0 Å². The van der Waals surface area contributed by atoms with Crippen molar-refractivity contribution in [3.63, 3.8) is 0 Å². The monoisotopic (exact) mass is 282 g/mol. The fourth-order valence-corrected chi connectivity index (χ4v) is 2.46. The van der Waals surface area contributed by atoms with Crippen LogP contribution in [0.2, 0.25) is 0 Å². The molecule has 3 rings (SSSR count). The van der Waals surface area contributed by atoms with E-state index in [0.717, 1.165) is 33.6 Å². The minimum atomic E-state index is 0.531. The number of ether oxygens (including phenoxy) is 1. The third kappa shape index (κ3) is 2.54. The maximum atomic E-state index is 6.09. The second-order valence-electron chi connectivity index (χ2n) is 5.18. The number of rotatable bonds is 3. The van der Waals surface area contributed by atoms with Crippen LogP contribution in [0, 0.1) is 13.8 Å². The van der Waals surface area contributed by atoms with Crippen LogP contribution in [0.15, 0.2) is 30.3 Å². The van der Waals surface area contributed by atoms with Gasteiger partial charge in [-0.1, -0.05) is 0 Å². The van der Waals surface area contributed by atoms with Gasteiger partial charge in [0.05, 0.1) is 24.9 Å². The molecule has 1 aromatic carbocycles. The highest BCUT2D eigenvalue weighted by atomic mass is 16.5. The van der Waals surface area contributed by atoms with Crippen molar-refractivity contribution in [1.82, 2.24) is 14.8 Å². The molecular formula is C16H18N4O. The molecule has 3 aromatic rings. The van der Waals surface area contributed by atoms with E-state index in [9.17, 15) is 0 Å². The number of aryl methyl sites for hydroxylation is 2. The number of hydrogen-bond acceptors (Lipinski definition) is 4. The summed E-state index contributed by atoms with van der Waals surface area (Å²) in [7, 11) is 1.64. The van der Waals surface area contributed by atoms with Gasteiger partial charge in [-0.15, -0.1) is 0 Å². The molecule has 0 bridgehead atoms. The maximum Gasteiger partial charge on any atom is 0.129 e. The predicted molar refractivity (Wildman–Crippen MR) is 83.5 cm³/mol. The first-order valence-electron chi connectivity index (χ1n) is 6.81. The van der Waals surface area contributed by atoms with E-state index in [-0.39, 0.29) is 0 Å². The lowest BCUT2D eigenvalue weighted by atomic mass is 10.1. The maximum absolute atomic E-state index is 6.09. The van der Waals surface area contributed by atoms with Gasteiger partial charge in [-0.25, -0.2) is 4.98 Å². The van der Waals surface area contributed by atoms with Crippen molar-refractivity contribution in [3.05, 3.63) is 47.3 Å². The summed E-state index contributed by atoms with van der Waals surface area (Å²) in [4.78, 5) is 4.47. The van der Waals surface area contributed by atoms with E-state index < -0.39 is 0 Å². The molecule has 0 atom stereocenters. The number of nitrogens with zero attached hydrogens (tertiary/aromatic N) is 3. The quantitative estimate of drug-likeness (QED) is 0.802. The Labute approximate surface area is 123 Å². The molecule has 2 aromatic heterocycles. The van der Waals surface area contributed by atoms with Gasteiger partial charge in [0.2, 0.25) is 0 Å². The summed E-state index contributed by atoms with van der Waals surface area (Å²) in [5.41, 5.74) is 10.0. The van der Waals surface area contributed by atoms with Gasteiger partial charge < -0.3 is 10.5 Å². The minimum absolute atomic E-state index is 0.531. The summed E-state index contributed by atoms with van der Waals surface area (Å²) in [5.74, 6) is 1.31. The van der Waals surface area contributed by atoms with Crippen molar-refractivity contribution in [3.8, 4) is 5.75 Å². The van der Waals surface area contributed by atoms with Crippen LogP contribution in [0.5, 0.6) is 5.75 Å². The highest BCUT2D eigenvalue weighted by Gasteiger charge is 2.08. The zero-order valence-corrected chi connectivity index (χ0v) is 12.4. The number of nitrogens with two attached hydrogens (primary N) is 1. The molecule has 0 amide bonds. The number of anilines is 1. The molecule has 21 heavy (non-hydrogen) atoms. The molecule has 0 unspecified atom stereocenters. The van der Waals surface area contributed by atoms with Gasteiger partial charge in [0.15, 0.2) is 0 Å². The van der Waals surface area contributed by atoms with Gasteiger partial charge in [-0.05, 0) is 38.1 Å². The van der Waals surface area contributed by atoms with Crippen LogP contribution in [-0.4, -0.2) is 21.9 Å². The highest BCUT2D eigenvalue weighted by molar-refractivity contribution is 5.82. The zero-order valence-electron chi connectivity index (χ0n) is 12.4. The van der Waals surface area contributed by atoms with E-state index in [1.54, 1.807) is 7.11 Å². The van der Waals surface area contributed by atoms with Gasteiger partial charge in [-0.2, -0.15) is 5.10 Å². The van der Waals surface area contributed by atoms with E-state index in [4.69, 9.17) is 10.5 Å². The summed E-state index contributed by atoms with van der Waals surface area (Å²) in [6, 6.07) is 9.92. The highest BCUT2D eigenvalue weighted by Crippen LogP contribution is 2.23. The zero-order chi connectivity index (χ0) is 15.0. The summed E-state index contributed by atoms with van der Waals surface area (Å²) in [6.45, 7) is 4.65. The first kappa shape index (κ1) is 13.4. The van der Waals surface area contributed by atoms with Crippen LogP contribution in [-0.2, 0) is 6.54 Å². The Hall–Kier alpha value is -2.56. The molecule has 0 radical (unpaired) electrons. The number of nitrogen functional groups attached to an aromatic ring is 1. The molecule has 108 valence electrons. The number of aromatic nitrogens is 3.